The summed E-state index contributed by atoms with van der Waals surface area (Å²) in [5, 5.41) is 1.19. The van der Waals surface area contributed by atoms with E-state index < -0.39 is 0 Å². The minimum Gasteiger partial charge on any atom is -0.460 e. The zero-order chi connectivity index (χ0) is 18.4. The molecule has 0 N–H and O–H groups in total. The number of rotatable bonds is 2. The van der Waals surface area contributed by atoms with Gasteiger partial charge < -0.3 is 19.1 Å². The lowest BCUT2D eigenvalue weighted by Gasteiger charge is -2.36. The largest absolute Gasteiger partial charge is 0.460 e. The maximum atomic E-state index is 6.23. The van der Waals surface area contributed by atoms with Crippen LogP contribution in [0.1, 0.15) is 22.8 Å². The molecule has 5 rings (SSSR count). The van der Waals surface area contributed by atoms with Crippen LogP contribution in [-0.4, -0.2) is 56.6 Å². The van der Waals surface area contributed by atoms with Crippen molar-refractivity contribution in [3.05, 3.63) is 65.4 Å². The van der Waals surface area contributed by atoms with Crippen LogP contribution in [0.5, 0.6) is 0 Å². The van der Waals surface area contributed by atoms with Gasteiger partial charge in [0.25, 0.3) is 0 Å². The summed E-state index contributed by atoms with van der Waals surface area (Å²) in [7, 11) is 4.41. The van der Waals surface area contributed by atoms with Crippen molar-refractivity contribution in [2.45, 2.75) is 12.5 Å². The van der Waals surface area contributed by atoms with Gasteiger partial charge in [-0.05, 0) is 49.5 Å². The quantitative estimate of drug-likeness (QED) is 0.693. The number of hydrogen-bond acceptors (Lipinski definition) is 4. The summed E-state index contributed by atoms with van der Waals surface area (Å²) < 4.78 is 6.23. The molecule has 4 nitrogen and oxygen atoms in total. The first-order chi connectivity index (χ1) is 13.2. The third-order valence-electron chi connectivity index (χ3n) is 6.09. The molecule has 1 atom stereocenters. The van der Waals surface area contributed by atoms with E-state index in [1.165, 1.54) is 22.2 Å². The molecule has 1 aromatic heterocycles. The van der Waals surface area contributed by atoms with Gasteiger partial charge in [0.2, 0.25) is 0 Å². The topological polar surface area (TPSA) is 22.9 Å². The van der Waals surface area contributed by atoms with Crippen LogP contribution >= 0.6 is 0 Å². The molecule has 0 spiro atoms. The number of hydrogen-bond donors (Lipinski definition) is 0. The second-order valence-electron chi connectivity index (χ2n) is 8.11. The number of furan rings is 1. The van der Waals surface area contributed by atoms with Crippen LogP contribution in [0.4, 0.5) is 5.69 Å². The Morgan fingerprint density at radius 1 is 0.889 bits per heavy atom. The first-order valence-corrected chi connectivity index (χ1v) is 9.91. The summed E-state index contributed by atoms with van der Waals surface area (Å²) in [6.45, 7) is 6.50. The summed E-state index contributed by atoms with van der Waals surface area (Å²) >= 11 is 0. The molecule has 0 amide bonds. The average Bonchev–Trinajstić information content (AvgIpc) is 3.11. The fourth-order valence-electron chi connectivity index (χ4n) is 4.51. The van der Waals surface area contributed by atoms with Crippen molar-refractivity contribution < 1.29 is 4.42 Å². The van der Waals surface area contributed by atoms with Crippen molar-refractivity contribution in [2.24, 2.45) is 0 Å². The van der Waals surface area contributed by atoms with E-state index in [4.69, 9.17) is 4.42 Å². The van der Waals surface area contributed by atoms with Gasteiger partial charge in [-0.15, -0.1) is 0 Å². The molecule has 0 saturated carbocycles. The van der Waals surface area contributed by atoms with Crippen LogP contribution < -0.4 is 4.90 Å². The van der Waals surface area contributed by atoms with Crippen LogP contribution in [0.2, 0.25) is 0 Å². The van der Waals surface area contributed by atoms with Crippen LogP contribution in [0.15, 0.2) is 52.9 Å². The van der Waals surface area contributed by atoms with Crippen LogP contribution in [0, 0.1) is 0 Å². The fraction of sp³-hybridized carbons (Fsp3) is 0.391. The van der Waals surface area contributed by atoms with Crippen molar-refractivity contribution in [3.63, 3.8) is 0 Å². The van der Waals surface area contributed by atoms with Gasteiger partial charge >= 0.3 is 0 Å². The third kappa shape index (κ3) is 3.13. The molecule has 27 heavy (non-hydrogen) atoms. The van der Waals surface area contributed by atoms with Gasteiger partial charge in [-0.25, -0.2) is 0 Å². The second kappa shape index (κ2) is 6.70. The maximum absolute atomic E-state index is 6.23. The molecule has 1 unspecified atom stereocenters. The molecule has 2 aliphatic rings. The molecule has 0 aliphatic carbocycles. The molecule has 2 aromatic carbocycles. The van der Waals surface area contributed by atoms with Gasteiger partial charge in [-0.1, -0.05) is 24.3 Å². The van der Waals surface area contributed by atoms with Crippen molar-refractivity contribution in [3.8, 4) is 0 Å². The van der Waals surface area contributed by atoms with Gasteiger partial charge in [0.15, 0.2) is 0 Å². The summed E-state index contributed by atoms with van der Waals surface area (Å²) in [5.74, 6) is 1.38. The van der Waals surface area contributed by atoms with Gasteiger partial charge in [0.05, 0.1) is 5.92 Å². The Morgan fingerprint density at radius 2 is 1.70 bits per heavy atom. The van der Waals surface area contributed by atoms with Crippen LogP contribution in [0.25, 0.3) is 11.0 Å². The Kier molecular flexibility index (Phi) is 4.18. The second-order valence-corrected chi connectivity index (χ2v) is 8.11. The molecule has 0 bridgehead atoms. The highest BCUT2D eigenvalue weighted by Crippen LogP contribution is 2.37. The van der Waals surface area contributed by atoms with Crippen molar-refractivity contribution >= 4 is 16.7 Å². The molecule has 1 fully saturated rings. The highest BCUT2D eigenvalue weighted by atomic mass is 16.3. The lowest BCUT2D eigenvalue weighted by molar-refractivity contribution is 0.282. The monoisotopic (exact) mass is 361 g/mol. The Bertz CT molecular complexity index is 922. The molecule has 3 aromatic rings. The Morgan fingerprint density at radius 3 is 2.52 bits per heavy atom. The molecule has 3 heterocycles. The first kappa shape index (κ1) is 16.8. The zero-order valence-corrected chi connectivity index (χ0v) is 16.2. The van der Waals surface area contributed by atoms with E-state index in [0.29, 0.717) is 5.92 Å². The zero-order valence-electron chi connectivity index (χ0n) is 16.2. The van der Waals surface area contributed by atoms with Crippen LogP contribution in [0.3, 0.4) is 0 Å². The molecule has 0 radical (unpaired) electrons. The smallest absolute Gasteiger partial charge is 0.134 e. The summed E-state index contributed by atoms with van der Waals surface area (Å²) in [4.78, 5) is 7.33. The Balaban J connectivity index is 1.49. The van der Waals surface area contributed by atoms with Gasteiger partial charge in [0, 0.05) is 50.3 Å². The fourth-order valence-corrected chi connectivity index (χ4v) is 4.51. The normalized spacial score (nSPS) is 21.6. The third-order valence-corrected chi connectivity index (χ3v) is 6.09. The SMILES string of the molecule is CN1CCN(c2ccc3c(c2)CN(C)CC3c2cc3ccccc3o2)CC1. The number of fused-ring (bicyclic) bond motifs is 2. The average molecular weight is 361 g/mol. The molecule has 4 heteroatoms. The highest BCUT2D eigenvalue weighted by molar-refractivity contribution is 5.78. The van der Waals surface area contributed by atoms with E-state index in [-0.39, 0.29) is 0 Å². The minimum absolute atomic E-state index is 0.299. The number of benzene rings is 2. The van der Waals surface area contributed by atoms with E-state index >= 15 is 0 Å². The lowest BCUT2D eigenvalue weighted by Crippen LogP contribution is -2.44. The highest BCUT2D eigenvalue weighted by Gasteiger charge is 2.28. The number of anilines is 1. The summed E-state index contributed by atoms with van der Waals surface area (Å²) in [6, 6.07) is 17.6. The number of likely N-dealkylation sites (N-methyl/N-ethyl adjacent to an activating group) is 2. The standard InChI is InChI=1S/C23H27N3O/c1-24-9-11-26(12-10-24)19-7-8-20-18(13-19)15-25(2)16-21(20)23-14-17-5-3-4-6-22(17)27-23/h3-8,13-14,21H,9-12,15-16H2,1-2H3. The first-order valence-electron chi connectivity index (χ1n) is 9.91. The lowest BCUT2D eigenvalue weighted by atomic mass is 9.87. The van der Waals surface area contributed by atoms with Gasteiger partial charge in [0.1, 0.15) is 11.3 Å². The van der Waals surface area contributed by atoms with E-state index in [1.807, 2.05) is 6.07 Å². The molecule has 1 saturated heterocycles. The summed E-state index contributed by atoms with van der Waals surface area (Å²) in [5.41, 5.74) is 5.20. The predicted molar refractivity (Wildman–Crippen MR) is 111 cm³/mol. The van der Waals surface area contributed by atoms with E-state index in [2.05, 4.69) is 71.3 Å². The molecular formula is C23H27N3O. The molecular weight excluding hydrogens is 334 g/mol. The maximum Gasteiger partial charge on any atom is 0.134 e. The Hall–Kier alpha value is -2.30. The van der Waals surface area contributed by atoms with Crippen molar-refractivity contribution in [1.82, 2.24) is 9.80 Å². The number of nitrogens with zero attached hydrogens (tertiary/aromatic N) is 3. The van der Waals surface area contributed by atoms with Crippen molar-refractivity contribution in [2.75, 3.05) is 51.7 Å². The Labute approximate surface area is 161 Å². The van der Waals surface area contributed by atoms with E-state index in [9.17, 15) is 0 Å². The van der Waals surface area contributed by atoms with Crippen molar-refractivity contribution in [1.29, 1.82) is 0 Å². The predicted octanol–water partition coefficient (Wildman–Crippen LogP) is 3.76. The number of para-hydroxylation sites is 1. The summed E-state index contributed by atoms with van der Waals surface area (Å²) in [6.07, 6.45) is 0. The van der Waals surface area contributed by atoms with Gasteiger partial charge in [-0.3, -0.25) is 0 Å². The van der Waals surface area contributed by atoms with E-state index in [1.54, 1.807) is 0 Å². The number of piperazine rings is 1. The van der Waals surface area contributed by atoms with Gasteiger partial charge in [-0.2, -0.15) is 0 Å². The molecule has 2 aliphatic heterocycles. The van der Waals surface area contributed by atoms with Crippen LogP contribution in [-0.2, 0) is 6.54 Å². The van der Waals surface area contributed by atoms with E-state index in [0.717, 1.165) is 50.6 Å². The molecule has 140 valence electrons. The minimum atomic E-state index is 0.299.